The highest BCUT2D eigenvalue weighted by atomic mass is 16.1. The lowest BCUT2D eigenvalue weighted by Crippen LogP contribution is -2.23. The molecule has 1 aromatic rings. The first kappa shape index (κ1) is 10.3. The Morgan fingerprint density at radius 2 is 2.50 bits per heavy atom. The van der Waals surface area contributed by atoms with Crippen molar-refractivity contribution in [2.24, 2.45) is 18.7 Å². The Hall–Kier alpha value is -1.83. The van der Waals surface area contributed by atoms with E-state index in [0.29, 0.717) is 6.42 Å². The highest BCUT2D eigenvalue weighted by Gasteiger charge is 2.17. The van der Waals surface area contributed by atoms with Crippen molar-refractivity contribution >= 4 is 5.91 Å². The molecule has 5 heteroatoms. The van der Waals surface area contributed by atoms with Gasteiger partial charge >= 0.3 is 0 Å². The second-order valence-corrected chi connectivity index (χ2v) is 3.17. The molecule has 0 radical (unpaired) electrons. The number of carbonyl (C=O) groups excluding carboxylic acids is 1. The van der Waals surface area contributed by atoms with E-state index < -0.39 is 11.8 Å². The maximum absolute atomic E-state index is 10.8. The van der Waals surface area contributed by atoms with Crippen LogP contribution >= 0.6 is 0 Å². The van der Waals surface area contributed by atoms with E-state index in [1.807, 2.05) is 20.0 Å². The zero-order valence-corrected chi connectivity index (χ0v) is 8.19. The van der Waals surface area contributed by atoms with Crippen molar-refractivity contribution in [1.29, 1.82) is 5.26 Å². The van der Waals surface area contributed by atoms with Gasteiger partial charge in [0.25, 0.3) is 0 Å². The van der Waals surface area contributed by atoms with Crippen molar-refractivity contribution in [3.8, 4) is 6.07 Å². The van der Waals surface area contributed by atoms with E-state index in [9.17, 15) is 4.79 Å². The van der Waals surface area contributed by atoms with Gasteiger partial charge in [-0.2, -0.15) is 10.4 Å². The largest absolute Gasteiger partial charge is 0.369 e. The van der Waals surface area contributed by atoms with Crippen LogP contribution in [0.1, 0.15) is 11.3 Å². The van der Waals surface area contributed by atoms with Crippen LogP contribution in [0.25, 0.3) is 0 Å². The van der Waals surface area contributed by atoms with Gasteiger partial charge in [-0.1, -0.05) is 0 Å². The molecule has 0 fully saturated rings. The second kappa shape index (κ2) is 3.92. The summed E-state index contributed by atoms with van der Waals surface area (Å²) >= 11 is 0. The van der Waals surface area contributed by atoms with Gasteiger partial charge in [0, 0.05) is 19.2 Å². The summed E-state index contributed by atoms with van der Waals surface area (Å²) in [5.74, 6) is -1.35. The third-order valence-electron chi connectivity index (χ3n) is 2.26. The Kier molecular flexibility index (Phi) is 2.87. The van der Waals surface area contributed by atoms with Crippen LogP contribution in [-0.2, 0) is 18.3 Å². The maximum atomic E-state index is 10.8. The van der Waals surface area contributed by atoms with Gasteiger partial charge in [-0.25, -0.2) is 0 Å². The molecule has 0 bridgehead atoms. The van der Waals surface area contributed by atoms with E-state index in [1.54, 1.807) is 10.9 Å². The van der Waals surface area contributed by atoms with E-state index in [1.165, 1.54) is 0 Å². The van der Waals surface area contributed by atoms with Gasteiger partial charge in [0.1, 0.15) is 5.92 Å². The van der Waals surface area contributed by atoms with Crippen LogP contribution in [0, 0.1) is 24.2 Å². The van der Waals surface area contributed by atoms with E-state index in [0.717, 1.165) is 11.3 Å². The molecule has 1 amide bonds. The number of aromatic nitrogens is 2. The van der Waals surface area contributed by atoms with Gasteiger partial charge < -0.3 is 5.73 Å². The summed E-state index contributed by atoms with van der Waals surface area (Å²) < 4.78 is 1.70. The molecule has 5 nitrogen and oxygen atoms in total. The number of amides is 1. The number of nitrogens with zero attached hydrogens (tertiary/aromatic N) is 3. The molecule has 1 aromatic heterocycles. The summed E-state index contributed by atoms with van der Waals surface area (Å²) in [6.07, 6.45) is 1.99. The number of aryl methyl sites for hydroxylation is 1. The van der Waals surface area contributed by atoms with Crippen LogP contribution in [-0.4, -0.2) is 15.7 Å². The number of primary amides is 1. The lowest BCUT2D eigenvalue weighted by Gasteiger charge is -2.03. The maximum Gasteiger partial charge on any atom is 0.235 e. The molecule has 74 valence electrons. The molecule has 0 aliphatic carbocycles. The number of rotatable bonds is 3. The summed E-state index contributed by atoms with van der Waals surface area (Å²) in [5, 5.41) is 12.7. The highest BCUT2D eigenvalue weighted by Crippen LogP contribution is 2.11. The number of nitrogens with two attached hydrogens (primary N) is 1. The molecule has 1 rings (SSSR count). The summed E-state index contributed by atoms with van der Waals surface area (Å²) in [6.45, 7) is 1.89. The Morgan fingerprint density at radius 3 is 2.86 bits per heavy atom. The fourth-order valence-corrected chi connectivity index (χ4v) is 1.17. The Bertz CT molecular complexity index is 388. The third-order valence-corrected chi connectivity index (χ3v) is 2.26. The fourth-order valence-electron chi connectivity index (χ4n) is 1.17. The molecular weight excluding hydrogens is 180 g/mol. The smallest absolute Gasteiger partial charge is 0.235 e. The van der Waals surface area contributed by atoms with Crippen LogP contribution in [0.15, 0.2) is 6.20 Å². The molecule has 14 heavy (non-hydrogen) atoms. The van der Waals surface area contributed by atoms with Crippen LogP contribution in [0.4, 0.5) is 0 Å². The first-order valence-electron chi connectivity index (χ1n) is 4.22. The van der Waals surface area contributed by atoms with Gasteiger partial charge in [-0.15, -0.1) is 0 Å². The summed E-state index contributed by atoms with van der Waals surface area (Å²) in [6, 6.07) is 1.87. The van der Waals surface area contributed by atoms with Crippen LogP contribution in [0.3, 0.4) is 0 Å². The van der Waals surface area contributed by atoms with Gasteiger partial charge in [-0.3, -0.25) is 9.48 Å². The minimum absolute atomic E-state index is 0.339. The van der Waals surface area contributed by atoms with Crippen molar-refractivity contribution in [1.82, 2.24) is 9.78 Å². The molecule has 1 atom stereocenters. The Balaban J connectivity index is 2.84. The Morgan fingerprint density at radius 1 is 1.86 bits per heavy atom. The lowest BCUT2D eigenvalue weighted by atomic mass is 10.0. The summed E-state index contributed by atoms with van der Waals surface area (Å²) in [4.78, 5) is 10.8. The van der Waals surface area contributed by atoms with E-state index in [2.05, 4.69) is 5.10 Å². The monoisotopic (exact) mass is 192 g/mol. The van der Waals surface area contributed by atoms with Gasteiger partial charge in [0.15, 0.2) is 0 Å². The fraction of sp³-hybridized carbons (Fsp3) is 0.444. The predicted octanol–water partition coefficient (Wildman–Crippen LogP) is -0.104. The second-order valence-electron chi connectivity index (χ2n) is 3.17. The zero-order valence-electron chi connectivity index (χ0n) is 8.19. The molecule has 0 aromatic carbocycles. The van der Waals surface area contributed by atoms with Gasteiger partial charge in [-0.05, 0) is 12.5 Å². The van der Waals surface area contributed by atoms with Crippen LogP contribution in [0.2, 0.25) is 0 Å². The number of hydrogen-bond acceptors (Lipinski definition) is 3. The van der Waals surface area contributed by atoms with Crippen LogP contribution in [0.5, 0.6) is 0 Å². The number of nitriles is 1. The van der Waals surface area contributed by atoms with Gasteiger partial charge in [0.2, 0.25) is 5.91 Å². The molecule has 2 N–H and O–H groups in total. The van der Waals surface area contributed by atoms with Crippen molar-refractivity contribution < 1.29 is 4.79 Å². The van der Waals surface area contributed by atoms with Crippen LogP contribution < -0.4 is 5.73 Å². The summed E-state index contributed by atoms with van der Waals surface area (Å²) in [7, 11) is 1.81. The minimum atomic E-state index is -0.766. The zero-order chi connectivity index (χ0) is 10.7. The highest BCUT2D eigenvalue weighted by molar-refractivity contribution is 5.79. The van der Waals surface area contributed by atoms with E-state index in [-0.39, 0.29) is 0 Å². The number of hydrogen-bond donors (Lipinski definition) is 1. The lowest BCUT2D eigenvalue weighted by molar-refractivity contribution is -0.120. The average molecular weight is 192 g/mol. The Labute approximate surface area is 82.1 Å². The van der Waals surface area contributed by atoms with E-state index >= 15 is 0 Å². The molecule has 0 aliphatic heterocycles. The topological polar surface area (TPSA) is 84.7 Å². The first-order chi connectivity index (χ1) is 6.56. The first-order valence-corrected chi connectivity index (χ1v) is 4.22. The molecule has 1 heterocycles. The molecule has 0 saturated heterocycles. The molecule has 0 unspecified atom stereocenters. The SMILES string of the molecule is Cc1c(C[C@@H](C#N)C(N)=O)cnn1C. The molecule has 0 saturated carbocycles. The van der Waals surface area contributed by atoms with Gasteiger partial charge in [0.05, 0.1) is 12.3 Å². The number of carbonyl (C=O) groups is 1. The third kappa shape index (κ3) is 1.91. The van der Waals surface area contributed by atoms with Crippen molar-refractivity contribution in [3.05, 3.63) is 17.5 Å². The molecule has 0 aliphatic rings. The minimum Gasteiger partial charge on any atom is -0.369 e. The van der Waals surface area contributed by atoms with Crippen molar-refractivity contribution in [2.75, 3.05) is 0 Å². The van der Waals surface area contributed by atoms with Crippen molar-refractivity contribution in [2.45, 2.75) is 13.3 Å². The molecular formula is C9H12N4O. The average Bonchev–Trinajstić information content (AvgIpc) is 2.44. The quantitative estimate of drug-likeness (QED) is 0.725. The normalized spacial score (nSPS) is 12.1. The molecule has 0 spiro atoms. The predicted molar refractivity (Wildman–Crippen MR) is 49.9 cm³/mol. The summed E-state index contributed by atoms with van der Waals surface area (Å²) in [5.41, 5.74) is 6.90. The van der Waals surface area contributed by atoms with E-state index in [4.69, 9.17) is 11.0 Å². The standard InChI is InChI=1S/C9H12N4O/c1-6-8(5-12-13(6)2)3-7(4-10)9(11)14/h5,7H,3H2,1-2H3,(H2,11,14)/t7-/m0/s1. The van der Waals surface area contributed by atoms with Crippen molar-refractivity contribution in [3.63, 3.8) is 0 Å².